The number of aliphatic hydroxyl groups is 1. The van der Waals surface area contributed by atoms with Gasteiger partial charge in [-0.25, -0.2) is 4.57 Å². The number of quaternary nitrogens is 1. The number of phosphoric ester groups is 1. The standard InChI is InChI=1S/C49H99N2O6P/c1-6-8-10-12-14-16-18-20-22-23-24-25-26-27-29-31-33-35-37-39-41-43-49(53)50-47(46-57-58(54,55)56-45-44-51(3,4)5)48(52)42-40-38-36-34-32-30-28-21-19-17-15-13-11-9-7-2/h25-26,47-48,52H,6-24,27-46H2,1-5H3,(H-,50,53,54,55)/p+1/b26-25-. The number of nitrogens with zero attached hydrogens (tertiary/aromatic N) is 1. The summed E-state index contributed by atoms with van der Waals surface area (Å²) in [6.45, 7) is 4.91. The molecule has 3 N–H and O–H groups in total. The molecule has 0 heterocycles. The van der Waals surface area contributed by atoms with Crippen molar-refractivity contribution in [2.75, 3.05) is 40.9 Å². The van der Waals surface area contributed by atoms with Gasteiger partial charge in [0.15, 0.2) is 0 Å². The Hall–Kier alpha value is -0.760. The molecular formula is C49H100N2O6P+. The van der Waals surface area contributed by atoms with Gasteiger partial charge in [-0.3, -0.25) is 13.8 Å². The zero-order valence-electron chi connectivity index (χ0n) is 39.3. The highest BCUT2D eigenvalue weighted by Gasteiger charge is 2.28. The van der Waals surface area contributed by atoms with Crippen molar-refractivity contribution in [2.45, 2.75) is 257 Å². The average molecular weight is 844 g/mol. The summed E-state index contributed by atoms with van der Waals surface area (Å²) in [5.41, 5.74) is 0. The molecule has 0 saturated heterocycles. The molecule has 0 aromatic rings. The fourth-order valence-electron chi connectivity index (χ4n) is 7.51. The van der Waals surface area contributed by atoms with Crippen molar-refractivity contribution >= 4 is 13.7 Å². The van der Waals surface area contributed by atoms with Crippen LogP contribution in [0.3, 0.4) is 0 Å². The minimum atomic E-state index is -4.31. The fraction of sp³-hybridized carbons (Fsp3) is 0.939. The molecule has 0 spiro atoms. The van der Waals surface area contributed by atoms with Crippen molar-refractivity contribution in [1.82, 2.24) is 5.32 Å². The van der Waals surface area contributed by atoms with Crippen molar-refractivity contribution in [2.24, 2.45) is 0 Å². The SMILES string of the molecule is CCCCCCCCCCCC/C=C\CCCCCCCCCC(=O)NC(COP(=O)(O)OCC[N+](C)(C)C)C(O)CCCCCCCCCCCCCCCCC. The number of rotatable bonds is 46. The van der Waals surface area contributed by atoms with E-state index in [1.54, 1.807) is 0 Å². The summed E-state index contributed by atoms with van der Waals surface area (Å²) in [6.07, 6.45) is 48.1. The second kappa shape index (κ2) is 41.6. The lowest BCUT2D eigenvalue weighted by Crippen LogP contribution is -2.46. The summed E-state index contributed by atoms with van der Waals surface area (Å²) in [7, 11) is 1.62. The Morgan fingerprint density at radius 3 is 1.33 bits per heavy atom. The third-order valence-corrected chi connectivity index (χ3v) is 12.5. The van der Waals surface area contributed by atoms with E-state index in [-0.39, 0.29) is 19.1 Å². The molecule has 0 aromatic carbocycles. The van der Waals surface area contributed by atoms with Crippen LogP contribution < -0.4 is 5.32 Å². The number of hydrogen-bond acceptors (Lipinski definition) is 5. The summed E-state index contributed by atoms with van der Waals surface area (Å²) in [5, 5.41) is 14.0. The number of phosphoric acid groups is 1. The minimum Gasteiger partial charge on any atom is -0.391 e. The van der Waals surface area contributed by atoms with Crippen LogP contribution in [-0.4, -0.2) is 73.4 Å². The van der Waals surface area contributed by atoms with E-state index in [1.807, 2.05) is 21.1 Å². The fourth-order valence-corrected chi connectivity index (χ4v) is 8.25. The molecule has 58 heavy (non-hydrogen) atoms. The summed E-state index contributed by atoms with van der Waals surface area (Å²) in [4.78, 5) is 23.2. The number of aliphatic hydroxyl groups excluding tert-OH is 1. The van der Waals surface area contributed by atoms with E-state index in [0.717, 1.165) is 38.5 Å². The monoisotopic (exact) mass is 844 g/mol. The molecule has 1 amide bonds. The molecule has 0 saturated carbocycles. The van der Waals surface area contributed by atoms with Gasteiger partial charge >= 0.3 is 7.82 Å². The Balaban J connectivity index is 4.25. The van der Waals surface area contributed by atoms with Gasteiger partial charge in [0, 0.05) is 6.42 Å². The minimum absolute atomic E-state index is 0.0759. The summed E-state index contributed by atoms with van der Waals surface area (Å²) < 4.78 is 23.7. The molecule has 0 radical (unpaired) electrons. The molecule has 8 nitrogen and oxygen atoms in total. The number of allylic oxidation sites excluding steroid dienone is 2. The first-order valence-corrected chi connectivity index (χ1v) is 26.5. The number of likely N-dealkylation sites (N-methyl/N-ethyl adjacent to an activating group) is 1. The molecule has 0 aliphatic rings. The lowest BCUT2D eigenvalue weighted by Gasteiger charge is -2.26. The topological polar surface area (TPSA) is 105 Å². The highest BCUT2D eigenvalue weighted by atomic mass is 31.2. The molecule has 0 aliphatic carbocycles. The van der Waals surface area contributed by atoms with Crippen LogP contribution >= 0.6 is 7.82 Å². The van der Waals surface area contributed by atoms with Gasteiger partial charge in [-0.2, -0.15) is 0 Å². The molecule has 346 valence electrons. The van der Waals surface area contributed by atoms with E-state index in [2.05, 4.69) is 31.3 Å². The second-order valence-corrected chi connectivity index (χ2v) is 20.0. The van der Waals surface area contributed by atoms with Gasteiger partial charge in [0.05, 0.1) is 39.9 Å². The average Bonchev–Trinajstić information content (AvgIpc) is 3.17. The molecule has 0 aliphatic heterocycles. The van der Waals surface area contributed by atoms with Crippen LogP contribution in [0.25, 0.3) is 0 Å². The van der Waals surface area contributed by atoms with Crippen LogP contribution in [0.4, 0.5) is 0 Å². The number of nitrogens with one attached hydrogen (secondary N) is 1. The number of unbranched alkanes of at least 4 members (excludes halogenated alkanes) is 31. The third kappa shape index (κ3) is 43.3. The number of carbonyl (C=O) groups excluding carboxylic acids is 1. The van der Waals surface area contributed by atoms with E-state index in [4.69, 9.17) is 9.05 Å². The van der Waals surface area contributed by atoms with Crippen molar-refractivity contribution in [3.05, 3.63) is 12.2 Å². The van der Waals surface area contributed by atoms with Gasteiger partial charge in [0.1, 0.15) is 13.2 Å². The number of amides is 1. The van der Waals surface area contributed by atoms with E-state index in [9.17, 15) is 19.4 Å². The maximum absolute atomic E-state index is 12.9. The highest BCUT2D eigenvalue weighted by Crippen LogP contribution is 2.43. The quantitative estimate of drug-likeness (QED) is 0.0244. The van der Waals surface area contributed by atoms with Gasteiger partial charge < -0.3 is 19.8 Å². The molecule has 0 aromatic heterocycles. The Morgan fingerprint density at radius 2 is 0.931 bits per heavy atom. The number of carbonyl (C=O) groups is 1. The van der Waals surface area contributed by atoms with Crippen LogP contribution in [0.2, 0.25) is 0 Å². The molecule has 0 bridgehead atoms. The van der Waals surface area contributed by atoms with Gasteiger partial charge in [-0.1, -0.05) is 212 Å². The maximum Gasteiger partial charge on any atom is 0.472 e. The zero-order chi connectivity index (χ0) is 42.8. The van der Waals surface area contributed by atoms with Gasteiger partial charge in [0.25, 0.3) is 0 Å². The largest absolute Gasteiger partial charge is 0.472 e. The zero-order valence-corrected chi connectivity index (χ0v) is 40.2. The van der Waals surface area contributed by atoms with Gasteiger partial charge in [-0.05, 0) is 38.5 Å². The van der Waals surface area contributed by atoms with Crippen molar-refractivity contribution in [1.29, 1.82) is 0 Å². The van der Waals surface area contributed by atoms with Crippen LogP contribution in [0, 0.1) is 0 Å². The van der Waals surface area contributed by atoms with Crippen molar-refractivity contribution in [3.63, 3.8) is 0 Å². The number of hydrogen-bond donors (Lipinski definition) is 3. The molecule has 3 atom stereocenters. The third-order valence-electron chi connectivity index (χ3n) is 11.5. The van der Waals surface area contributed by atoms with E-state index < -0.39 is 20.0 Å². The van der Waals surface area contributed by atoms with Crippen LogP contribution in [0.5, 0.6) is 0 Å². The van der Waals surface area contributed by atoms with Crippen LogP contribution in [0.1, 0.15) is 245 Å². The van der Waals surface area contributed by atoms with Crippen LogP contribution in [0.15, 0.2) is 12.2 Å². The lowest BCUT2D eigenvalue weighted by molar-refractivity contribution is -0.870. The van der Waals surface area contributed by atoms with E-state index in [0.29, 0.717) is 23.9 Å². The van der Waals surface area contributed by atoms with Crippen LogP contribution in [-0.2, 0) is 18.4 Å². The van der Waals surface area contributed by atoms with Crippen molar-refractivity contribution < 1.29 is 32.9 Å². The van der Waals surface area contributed by atoms with Gasteiger partial charge in [0.2, 0.25) is 5.91 Å². The Labute approximate surface area is 361 Å². The molecule has 0 rings (SSSR count). The lowest BCUT2D eigenvalue weighted by atomic mass is 10.0. The molecule has 0 fully saturated rings. The predicted octanol–water partition coefficient (Wildman–Crippen LogP) is 14.3. The molecule has 3 unspecified atom stereocenters. The Bertz CT molecular complexity index is 958. The smallest absolute Gasteiger partial charge is 0.391 e. The van der Waals surface area contributed by atoms with Crippen molar-refractivity contribution in [3.8, 4) is 0 Å². The first-order chi connectivity index (χ1) is 28.0. The molecule has 9 heteroatoms. The summed E-state index contributed by atoms with van der Waals surface area (Å²) in [5.74, 6) is -0.146. The predicted molar refractivity (Wildman–Crippen MR) is 249 cm³/mol. The van der Waals surface area contributed by atoms with Gasteiger partial charge in [-0.15, -0.1) is 0 Å². The van der Waals surface area contributed by atoms with E-state index in [1.165, 1.54) is 180 Å². The summed E-state index contributed by atoms with van der Waals surface area (Å²) in [6, 6.07) is -0.759. The highest BCUT2D eigenvalue weighted by molar-refractivity contribution is 7.47. The first kappa shape index (κ1) is 57.2. The Kier molecular flexibility index (Phi) is 41.0. The summed E-state index contributed by atoms with van der Waals surface area (Å²) >= 11 is 0. The Morgan fingerprint density at radius 1 is 0.569 bits per heavy atom. The first-order valence-electron chi connectivity index (χ1n) is 25.1. The van der Waals surface area contributed by atoms with E-state index >= 15 is 0 Å². The second-order valence-electron chi connectivity index (χ2n) is 18.5. The molecular weight excluding hydrogens is 744 g/mol. The maximum atomic E-state index is 12.9. The normalized spacial score (nSPS) is 14.3.